The van der Waals surface area contributed by atoms with E-state index in [1.165, 1.54) is 4.90 Å². The molecule has 2 unspecified atom stereocenters. The van der Waals surface area contributed by atoms with E-state index < -0.39 is 5.41 Å². The molecular formula is C12H18N2O2S. The molecule has 2 N–H and O–H groups in total. The quantitative estimate of drug-likeness (QED) is 0.605. The van der Waals surface area contributed by atoms with Crippen molar-refractivity contribution < 1.29 is 9.59 Å². The highest BCUT2D eigenvalue weighted by atomic mass is 32.1. The van der Waals surface area contributed by atoms with Crippen molar-refractivity contribution in [3.63, 3.8) is 0 Å². The second-order valence-corrected chi connectivity index (χ2v) is 6.09. The number of hydrogen-bond donors (Lipinski definition) is 1. The Morgan fingerprint density at radius 1 is 1.35 bits per heavy atom. The van der Waals surface area contributed by atoms with E-state index in [1.54, 1.807) is 0 Å². The van der Waals surface area contributed by atoms with Crippen molar-refractivity contribution in [1.82, 2.24) is 4.90 Å². The van der Waals surface area contributed by atoms with Gasteiger partial charge in [-0.05, 0) is 12.8 Å². The monoisotopic (exact) mass is 254 g/mol. The lowest BCUT2D eigenvalue weighted by atomic mass is 9.93. The molecule has 2 aliphatic rings. The zero-order valence-electron chi connectivity index (χ0n) is 10.2. The average Bonchev–Trinajstić information content (AvgIpc) is 2.78. The van der Waals surface area contributed by atoms with Gasteiger partial charge in [0.1, 0.15) is 0 Å². The van der Waals surface area contributed by atoms with E-state index in [-0.39, 0.29) is 23.7 Å². The van der Waals surface area contributed by atoms with Gasteiger partial charge in [0, 0.05) is 12.0 Å². The van der Waals surface area contributed by atoms with Crippen LogP contribution < -0.4 is 5.73 Å². The number of fused-ring (bicyclic) bond motifs is 1. The molecule has 0 spiro atoms. The third kappa shape index (κ3) is 1.97. The summed E-state index contributed by atoms with van der Waals surface area (Å²) in [6, 6.07) is 0. The standard InChI is InChI=1S/C12H18N2O2S/c1-12(2,11(13)17)6-14-9(15)7-4-3-5-8(7)10(14)16/h7-8H,3-6H2,1-2H3,(H2,13,17). The van der Waals surface area contributed by atoms with Gasteiger partial charge >= 0.3 is 0 Å². The number of nitrogens with zero attached hydrogens (tertiary/aromatic N) is 1. The molecule has 0 aromatic heterocycles. The molecule has 1 saturated heterocycles. The van der Waals surface area contributed by atoms with E-state index in [4.69, 9.17) is 18.0 Å². The summed E-state index contributed by atoms with van der Waals surface area (Å²) in [5.74, 6) is -0.210. The highest BCUT2D eigenvalue weighted by molar-refractivity contribution is 7.80. The van der Waals surface area contributed by atoms with Crippen LogP contribution in [-0.4, -0.2) is 28.2 Å². The molecule has 4 nitrogen and oxygen atoms in total. The van der Waals surface area contributed by atoms with Crippen LogP contribution in [-0.2, 0) is 9.59 Å². The first-order valence-corrected chi connectivity index (χ1v) is 6.40. The Hall–Kier alpha value is -0.970. The number of nitrogens with two attached hydrogens (primary N) is 1. The van der Waals surface area contributed by atoms with E-state index in [0.717, 1.165) is 19.3 Å². The van der Waals surface area contributed by atoms with Crippen molar-refractivity contribution in [2.45, 2.75) is 33.1 Å². The minimum absolute atomic E-state index is 0.0261. The molecule has 0 aromatic carbocycles. The molecular weight excluding hydrogens is 236 g/mol. The van der Waals surface area contributed by atoms with E-state index in [9.17, 15) is 9.59 Å². The van der Waals surface area contributed by atoms with E-state index >= 15 is 0 Å². The maximum atomic E-state index is 12.1. The summed E-state index contributed by atoms with van der Waals surface area (Å²) >= 11 is 4.97. The van der Waals surface area contributed by atoms with Crippen LogP contribution in [0.15, 0.2) is 0 Å². The molecule has 2 amide bonds. The SMILES string of the molecule is CC(C)(CN1C(=O)C2CCCC2C1=O)C(N)=S. The van der Waals surface area contributed by atoms with Crippen LogP contribution in [0.3, 0.4) is 0 Å². The number of amides is 2. The lowest BCUT2D eigenvalue weighted by molar-refractivity contribution is -0.141. The predicted molar refractivity (Wildman–Crippen MR) is 68.1 cm³/mol. The predicted octanol–water partition coefficient (Wildman–Crippen LogP) is 1.08. The number of thiocarbonyl (C=S) groups is 1. The Morgan fingerprint density at radius 2 is 1.82 bits per heavy atom. The number of rotatable bonds is 3. The lowest BCUT2D eigenvalue weighted by Crippen LogP contribution is -2.44. The second-order valence-electron chi connectivity index (χ2n) is 5.65. The Kier molecular flexibility index (Phi) is 2.97. The smallest absolute Gasteiger partial charge is 0.233 e. The van der Waals surface area contributed by atoms with Gasteiger partial charge in [0.2, 0.25) is 11.8 Å². The van der Waals surface area contributed by atoms with Gasteiger partial charge in [-0.1, -0.05) is 32.5 Å². The third-order valence-electron chi connectivity index (χ3n) is 3.90. The Balaban J connectivity index is 2.16. The normalized spacial score (nSPS) is 28.7. The summed E-state index contributed by atoms with van der Waals surface area (Å²) in [6.45, 7) is 4.04. The minimum atomic E-state index is -0.487. The number of likely N-dealkylation sites (tertiary alicyclic amines) is 1. The average molecular weight is 254 g/mol. The maximum Gasteiger partial charge on any atom is 0.233 e. The van der Waals surface area contributed by atoms with Gasteiger partial charge in [0.25, 0.3) is 0 Å². The van der Waals surface area contributed by atoms with Gasteiger partial charge in [-0.15, -0.1) is 0 Å². The molecule has 1 aliphatic carbocycles. The highest BCUT2D eigenvalue weighted by Gasteiger charge is 2.50. The molecule has 1 aliphatic heterocycles. The zero-order chi connectivity index (χ0) is 12.8. The molecule has 17 heavy (non-hydrogen) atoms. The number of hydrogen-bond acceptors (Lipinski definition) is 3. The summed E-state index contributed by atoms with van der Waals surface area (Å²) < 4.78 is 0. The van der Waals surface area contributed by atoms with Crippen molar-refractivity contribution in [3.8, 4) is 0 Å². The van der Waals surface area contributed by atoms with Crippen LogP contribution in [0.1, 0.15) is 33.1 Å². The summed E-state index contributed by atoms with van der Waals surface area (Å²) in [4.78, 5) is 25.9. The molecule has 2 atom stereocenters. The second kappa shape index (κ2) is 4.05. The highest BCUT2D eigenvalue weighted by Crippen LogP contribution is 2.40. The molecule has 1 heterocycles. The van der Waals surface area contributed by atoms with Crippen molar-refractivity contribution in [2.24, 2.45) is 23.0 Å². The fraction of sp³-hybridized carbons (Fsp3) is 0.750. The Morgan fingerprint density at radius 3 is 2.24 bits per heavy atom. The summed E-state index contributed by atoms with van der Waals surface area (Å²) in [5, 5.41) is 0. The van der Waals surface area contributed by atoms with E-state index in [2.05, 4.69) is 0 Å². The van der Waals surface area contributed by atoms with Crippen molar-refractivity contribution in [2.75, 3.05) is 6.54 Å². The molecule has 2 fully saturated rings. The number of carbonyl (C=O) groups excluding carboxylic acids is 2. The molecule has 0 radical (unpaired) electrons. The molecule has 94 valence electrons. The maximum absolute atomic E-state index is 12.1. The van der Waals surface area contributed by atoms with Crippen LogP contribution in [0.25, 0.3) is 0 Å². The first kappa shape index (κ1) is 12.5. The fourth-order valence-corrected chi connectivity index (χ4v) is 2.75. The summed E-state index contributed by atoms with van der Waals surface area (Å²) in [7, 11) is 0. The van der Waals surface area contributed by atoms with Gasteiger partial charge in [-0.2, -0.15) is 0 Å². The first-order chi connectivity index (χ1) is 7.84. The molecule has 0 bridgehead atoms. The van der Waals surface area contributed by atoms with Crippen LogP contribution in [0.4, 0.5) is 0 Å². The number of imide groups is 1. The van der Waals surface area contributed by atoms with Gasteiger partial charge < -0.3 is 5.73 Å². The largest absolute Gasteiger partial charge is 0.393 e. The van der Waals surface area contributed by atoms with Gasteiger partial charge in [-0.25, -0.2) is 0 Å². The van der Waals surface area contributed by atoms with E-state index in [0.29, 0.717) is 11.5 Å². The van der Waals surface area contributed by atoms with Crippen LogP contribution in [0, 0.1) is 17.3 Å². The van der Waals surface area contributed by atoms with Crippen molar-refractivity contribution in [1.29, 1.82) is 0 Å². The molecule has 2 rings (SSSR count). The minimum Gasteiger partial charge on any atom is -0.393 e. The van der Waals surface area contributed by atoms with Crippen LogP contribution >= 0.6 is 12.2 Å². The third-order valence-corrected chi connectivity index (χ3v) is 4.46. The lowest BCUT2D eigenvalue weighted by Gasteiger charge is -2.28. The fourth-order valence-electron chi connectivity index (χ4n) is 2.69. The molecule has 0 aromatic rings. The van der Waals surface area contributed by atoms with Crippen LogP contribution in [0.2, 0.25) is 0 Å². The van der Waals surface area contributed by atoms with Crippen molar-refractivity contribution >= 4 is 29.0 Å². The van der Waals surface area contributed by atoms with Crippen molar-refractivity contribution in [3.05, 3.63) is 0 Å². The number of carbonyl (C=O) groups is 2. The zero-order valence-corrected chi connectivity index (χ0v) is 11.0. The molecule has 5 heteroatoms. The topological polar surface area (TPSA) is 63.4 Å². The van der Waals surface area contributed by atoms with Crippen LogP contribution in [0.5, 0.6) is 0 Å². The summed E-state index contributed by atoms with van der Waals surface area (Å²) in [6.07, 6.45) is 2.68. The van der Waals surface area contributed by atoms with Gasteiger partial charge in [0.05, 0.1) is 16.8 Å². The van der Waals surface area contributed by atoms with Gasteiger partial charge in [-0.3, -0.25) is 14.5 Å². The Labute approximate surface area is 107 Å². The molecule has 1 saturated carbocycles. The van der Waals surface area contributed by atoms with E-state index in [1.807, 2.05) is 13.8 Å². The first-order valence-electron chi connectivity index (χ1n) is 6.00. The Bertz CT molecular complexity index is 370. The van der Waals surface area contributed by atoms with Gasteiger partial charge in [0.15, 0.2) is 0 Å². The summed E-state index contributed by atoms with van der Waals surface area (Å²) in [5.41, 5.74) is 5.15.